The molecule has 0 aromatic carbocycles. The molecule has 0 bridgehead atoms. The molecule has 0 atom stereocenters. The summed E-state index contributed by atoms with van der Waals surface area (Å²) in [6, 6.07) is 0. The number of rotatable bonds is 6. The first kappa shape index (κ1) is 13.5. The lowest BCUT2D eigenvalue weighted by atomic mass is 10.0. The lowest BCUT2D eigenvalue weighted by Gasteiger charge is -2.26. The average molecular weight is 200 g/mol. The molecule has 0 aromatic rings. The van der Waals surface area contributed by atoms with Crippen molar-refractivity contribution in [3.05, 3.63) is 0 Å². The van der Waals surface area contributed by atoms with E-state index in [0.29, 0.717) is 0 Å². The van der Waals surface area contributed by atoms with Crippen LogP contribution in [0, 0.1) is 5.92 Å². The lowest BCUT2D eigenvalue weighted by Crippen LogP contribution is -2.30. The lowest BCUT2D eigenvalue weighted by molar-refractivity contribution is -0.161. The van der Waals surface area contributed by atoms with Gasteiger partial charge in [0.2, 0.25) is 0 Å². The minimum absolute atomic E-state index is 0.0274. The van der Waals surface area contributed by atoms with Gasteiger partial charge in [0.1, 0.15) is 5.60 Å². The van der Waals surface area contributed by atoms with Crippen LogP contribution in [0.25, 0.3) is 0 Å². The van der Waals surface area contributed by atoms with E-state index in [4.69, 9.17) is 4.74 Å². The summed E-state index contributed by atoms with van der Waals surface area (Å²) in [5.41, 5.74) is -0.295. The fourth-order valence-corrected chi connectivity index (χ4v) is 1.24. The third-order valence-electron chi connectivity index (χ3n) is 2.23. The second-order valence-corrected chi connectivity index (χ2v) is 4.79. The highest BCUT2D eigenvalue weighted by molar-refractivity contribution is 5.71. The molecule has 2 heteroatoms. The van der Waals surface area contributed by atoms with Crippen molar-refractivity contribution in [2.75, 3.05) is 0 Å². The van der Waals surface area contributed by atoms with Gasteiger partial charge in [-0.15, -0.1) is 0 Å². The van der Waals surface area contributed by atoms with Gasteiger partial charge in [0.25, 0.3) is 0 Å². The smallest absolute Gasteiger partial charge is 0.308 e. The third kappa shape index (κ3) is 6.01. The van der Waals surface area contributed by atoms with Crippen molar-refractivity contribution in [2.24, 2.45) is 5.92 Å². The van der Waals surface area contributed by atoms with Gasteiger partial charge in [-0.3, -0.25) is 4.79 Å². The Hall–Kier alpha value is -0.530. The first-order valence-electron chi connectivity index (χ1n) is 5.62. The van der Waals surface area contributed by atoms with E-state index in [0.717, 1.165) is 12.8 Å². The fourth-order valence-electron chi connectivity index (χ4n) is 1.24. The molecular weight excluding hydrogens is 176 g/mol. The van der Waals surface area contributed by atoms with Crippen molar-refractivity contribution >= 4 is 5.97 Å². The number of hydrogen-bond acceptors (Lipinski definition) is 2. The topological polar surface area (TPSA) is 26.3 Å². The van der Waals surface area contributed by atoms with E-state index in [1.165, 1.54) is 12.8 Å². The van der Waals surface area contributed by atoms with Crippen molar-refractivity contribution in [2.45, 2.75) is 65.9 Å². The number of esters is 1. The van der Waals surface area contributed by atoms with Gasteiger partial charge in [-0.25, -0.2) is 0 Å². The van der Waals surface area contributed by atoms with Gasteiger partial charge in [0, 0.05) is 0 Å². The van der Waals surface area contributed by atoms with E-state index in [9.17, 15) is 4.79 Å². The Morgan fingerprint density at radius 2 is 1.86 bits per heavy atom. The molecule has 0 aromatic heterocycles. The SMILES string of the molecule is CCCCCC(C)(C)OC(=O)C(C)C. The summed E-state index contributed by atoms with van der Waals surface area (Å²) < 4.78 is 5.41. The number of ether oxygens (including phenoxy) is 1. The van der Waals surface area contributed by atoms with Crippen molar-refractivity contribution in [3.8, 4) is 0 Å². The molecular formula is C12H24O2. The quantitative estimate of drug-likeness (QED) is 0.484. The summed E-state index contributed by atoms with van der Waals surface area (Å²) in [5, 5.41) is 0. The Labute approximate surface area is 88.0 Å². The molecule has 2 nitrogen and oxygen atoms in total. The van der Waals surface area contributed by atoms with E-state index < -0.39 is 0 Å². The minimum Gasteiger partial charge on any atom is -0.459 e. The molecule has 0 aliphatic rings. The molecule has 0 spiro atoms. The maximum atomic E-state index is 11.4. The Morgan fingerprint density at radius 1 is 1.29 bits per heavy atom. The molecule has 14 heavy (non-hydrogen) atoms. The third-order valence-corrected chi connectivity index (χ3v) is 2.23. The van der Waals surface area contributed by atoms with Crippen LogP contribution in [-0.2, 0) is 9.53 Å². The van der Waals surface area contributed by atoms with Gasteiger partial charge in [-0.05, 0) is 26.7 Å². The molecule has 0 saturated carbocycles. The zero-order valence-electron chi connectivity index (χ0n) is 10.2. The van der Waals surface area contributed by atoms with Crippen LogP contribution in [0.4, 0.5) is 0 Å². The Kier molecular flexibility index (Phi) is 5.82. The summed E-state index contributed by atoms with van der Waals surface area (Å²) in [4.78, 5) is 11.4. The van der Waals surface area contributed by atoms with Crippen LogP contribution in [0.2, 0.25) is 0 Å². The molecule has 0 rings (SSSR count). The molecule has 0 saturated heterocycles. The average Bonchev–Trinajstić information content (AvgIpc) is 2.03. The molecule has 0 heterocycles. The maximum absolute atomic E-state index is 11.4. The first-order chi connectivity index (χ1) is 6.39. The Balaban J connectivity index is 3.87. The second kappa shape index (κ2) is 6.05. The summed E-state index contributed by atoms with van der Waals surface area (Å²) in [6.45, 7) is 9.88. The largest absolute Gasteiger partial charge is 0.459 e. The Bertz CT molecular complexity index is 171. The molecule has 0 N–H and O–H groups in total. The van der Waals surface area contributed by atoms with E-state index in [1.54, 1.807) is 0 Å². The van der Waals surface area contributed by atoms with E-state index >= 15 is 0 Å². The standard InChI is InChI=1S/C12H24O2/c1-6-7-8-9-12(4,5)14-11(13)10(2)3/h10H,6-9H2,1-5H3. The number of carbonyl (C=O) groups is 1. The van der Waals surface area contributed by atoms with Crippen LogP contribution in [0.15, 0.2) is 0 Å². The monoisotopic (exact) mass is 200 g/mol. The molecule has 84 valence electrons. The summed E-state index contributed by atoms with van der Waals surface area (Å²) in [6.07, 6.45) is 4.51. The number of carbonyl (C=O) groups excluding carboxylic acids is 1. The van der Waals surface area contributed by atoms with Crippen molar-refractivity contribution in [1.29, 1.82) is 0 Å². The van der Waals surface area contributed by atoms with Crippen molar-refractivity contribution in [1.82, 2.24) is 0 Å². The van der Waals surface area contributed by atoms with Crippen LogP contribution in [-0.4, -0.2) is 11.6 Å². The van der Waals surface area contributed by atoms with Gasteiger partial charge in [-0.1, -0.05) is 33.6 Å². The fraction of sp³-hybridized carbons (Fsp3) is 0.917. The zero-order valence-corrected chi connectivity index (χ0v) is 10.2. The van der Waals surface area contributed by atoms with Crippen LogP contribution < -0.4 is 0 Å². The van der Waals surface area contributed by atoms with E-state index in [2.05, 4.69) is 6.92 Å². The molecule has 0 amide bonds. The predicted molar refractivity (Wildman–Crippen MR) is 59.2 cm³/mol. The van der Waals surface area contributed by atoms with Gasteiger partial charge >= 0.3 is 5.97 Å². The summed E-state index contributed by atoms with van der Waals surface area (Å²) in [7, 11) is 0. The first-order valence-corrected chi connectivity index (χ1v) is 5.62. The van der Waals surface area contributed by atoms with Crippen LogP contribution in [0.5, 0.6) is 0 Å². The zero-order chi connectivity index (χ0) is 11.2. The van der Waals surface area contributed by atoms with E-state index in [-0.39, 0.29) is 17.5 Å². The molecule has 0 aliphatic heterocycles. The highest BCUT2D eigenvalue weighted by Gasteiger charge is 2.23. The maximum Gasteiger partial charge on any atom is 0.308 e. The predicted octanol–water partition coefficient (Wildman–Crippen LogP) is 3.54. The van der Waals surface area contributed by atoms with Gasteiger partial charge in [0.05, 0.1) is 5.92 Å². The normalized spacial score (nSPS) is 11.9. The Morgan fingerprint density at radius 3 is 2.29 bits per heavy atom. The molecule has 0 fully saturated rings. The minimum atomic E-state index is -0.295. The van der Waals surface area contributed by atoms with E-state index in [1.807, 2.05) is 27.7 Å². The summed E-state index contributed by atoms with van der Waals surface area (Å²) >= 11 is 0. The van der Waals surface area contributed by atoms with Crippen molar-refractivity contribution in [3.63, 3.8) is 0 Å². The van der Waals surface area contributed by atoms with Gasteiger partial charge < -0.3 is 4.74 Å². The molecule has 0 aliphatic carbocycles. The van der Waals surface area contributed by atoms with Crippen molar-refractivity contribution < 1.29 is 9.53 Å². The second-order valence-electron chi connectivity index (χ2n) is 4.79. The molecule has 0 unspecified atom stereocenters. The van der Waals surface area contributed by atoms with Crippen LogP contribution in [0.1, 0.15) is 60.3 Å². The number of hydrogen-bond donors (Lipinski definition) is 0. The highest BCUT2D eigenvalue weighted by atomic mass is 16.6. The number of unbranched alkanes of at least 4 members (excludes halogenated alkanes) is 2. The van der Waals surface area contributed by atoms with Gasteiger partial charge in [-0.2, -0.15) is 0 Å². The highest BCUT2D eigenvalue weighted by Crippen LogP contribution is 2.20. The van der Waals surface area contributed by atoms with Crippen LogP contribution in [0.3, 0.4) is 0 Å². The van der Waals surface area contributed by atoms with Gasteiger partial charge in [0.15, 0.2) is 0 Å². The van der Waals surface area contributed by atoms with Crippen LogP contribution >= 0.6 is 0 Å². The molecule has 0 radical (unpaired) electrons. The summed E-state index contributed by atoms with van der Waals surface area (Å²) in [5.74, 6) is -0.119.